The number of thiazole rings is 1. The highest BCUT2D eigenvalue weighted by Crippen LogP contribution is 2.30. The van der Waals surface area contributed by atoms with Crippen molar-refractivity contribution in [3.8, 4) is 11.5 Å². The number of anilines is 1. The molecule has 2 rings (SSSR count). The molecule has 0 amide bonds. The fraction of sp³-hybridized carbons (Fsp3) is 0.308. The van der Waals surface area contributed by atoms with Gasteiger partial charge in [-0.05, 0) is 12.1 Å². The van der Waals surface area contributed by atoms with Crippen LogP contribution in [0, 0.1) is 0 Å². The number of rotatable bonds is 7. The molecule has 0 radical (unpaired) electrons. The molecular weight excluding hydrogens is 264 g/mol. The zero-order valence-electron chi connectivity index (χ0n) is 10.6. The topological polar surface area (TPSA) is 63.6 Å². The van der Waals surface area contributed by atoms with E-state index in [4.69, 9.17) is 14.6 Å². The Morgan fingerprint density at radius 1 is 1.37 bits per heavy atom. The van der Waals surface area contributed by atoms with Crippen LogP contribution in [0.25, 0.3) is 0 Å². The molecular formula is C13H16N2O3S. The molecule has 0 unspecified atom stereocenters. The van der Waals surface area contributed by atoms with Gasteiger partial charge in [0.1, 0.15) is 6.61 Å². The lowest BCUT2D eigenvalue weighted by Crippen LogP contribution is -2.04. The standard InChI is InChI=1S/C13H16N2O3S/c1-17-12-3-2-10(6-13(12)18-5-4-16)14-7-11-8-19-9-15-11/h2-3,6,8-9,14,16H,4-5,7H2,1H3. The third kappa shape index (κ3) is 3.84. The smallest absolute Gasteiger partial charge is 0.163 e. The minimum atomic E-state index is -0.0281. The Kier molecular flexibility index (Phi) is 5.00. The second-order valence-electron chi connectivity index (χ2n) is 3.77. The van der Waals surface area contributed by atoms with Crippen LogP contribution in [-0.4, -0.2) is 30.4 Å². The van der Waals surface area contributed by atoms with Crippen LogP contribution in [0.1, 0.15) is 5.69 Å². The maximum Gasteiger partial charge on any atom is 0.163 e. The van der Waals surface area contributed by atoms with Crippen molar-refractivity contribution in [3.05, 3.63) is 34.8 Å². The summed E-state index contributed by atoms with van der Waals surface area (Å²) in [5, 5.41) is 14.1. The Balaban J connectivity index is 2.04. The first-order valence-electron chi connectivity index (χ1n) is 5.86. The van der Waals surface area contributed by atoms with Gasteiger partial charge in [0.15, 0.2) is 11.5 Å². The molecule has 0 aliphatic heterocycles. The number of nitrogens with one attached hydrogen (secondary N) is 1. The quantitative estimate of drug-likeness (QED) is 0.813. The molecule has 1 aromatic carbocycles. The summed E-state index contributed by atoms with van der Waals surface area (Å²) in [5.41, 5.74) is 3.72. The third-order valence-corrected chi connectivity index (χ3v) is 3.10. The highest BCUT2D eigenvalue weighted by atomic mass is 32.1. The van der Waals surface area contributed by atoms with Crippen molar-refractivity contribution >= 4 is 17.0 Å². The molecule has 0 fully saturated rings. The van der Waals surface area contributed by atoms with Gasteiger partial charge in [-0.25, -0.2) is 4.98 Å². The number of aliphatic hydroxyl groups excluding tert-OH is 1. The molecule has 6 heteroatoms. The summed E-state index contributed by atoms with van der Waals surface area (Å²) in [5.74, 6) is 1.26. The molecule has 1 aromatic heterocycles. The summed E-state index contributed by atoms with van der Waals surface area (Å²) in [7, 11) is 1.59. The van der Waals surface area contributed by atoms with Gasteiger partial charge in [0, 0.05) is 17.1 Å². The zero-order chi connectivity index (χ0) is 13.5. The lowest BCUT2D eigenvalue weighted by atomic mass is 10.2. The van der Waals surface area contributed by atoms with Crippen LogP contribution in [0.4, 0.5) is 5.69 Å². The van der Waals surface area contributed by atoms with Crippen molar-refractivity contribution in [2.45, 2.75) is 6.54 Å². The van der Waals surface area contributed by atoms with E-state index in [0.717, 1.165) is 11.4 Å². The van der Waals surface area contributed by atoms with Crippen molar-refractivity contribution in [3.63, 3.8) is 0 Å². The summed E-state index contributed by atoms with van der Waals surface area (Å²) in [6.45, 7) is 0.876. The van der Waals surface area contributed by atoms with Gasteiger partial charge in [0.25, 0.3) is 0 Å². The van der Waals surface area contributed by atoms with Gasteiger partial charge >= 0.3 is 0 Å². The van der Waals surface area contributed by atoms with Crippen molar-refractivity contribution in [2.75, 3.05) is 25.6 Å². The van der Waals surface area contributed by atoms with Crippen LogP contribution in [0.5, 0.6) is 11.5 Å². The Hall–Kier alpha value is -1.79. The number of methoxy groups -OCH3 is 1. The number of nitrogens with zero attached hydrogens (tertiary/aromatic N) is 1. The van der Waals surface area contributed by atoms with Crippen molar-refractivity contribution in [1.29, 1.82) is 0 Å². The normalized spacial score (nSPS) is 10.2. The summed E-state index contributed by atoms with van der Waals surface area (Å²) in [6, 6.07) is 5.59. The van der Waals surface area contributed by atoms with E-state index in [-0.39, 0.29) is 13.2 Å². The van der Waals surface area contributed by atoms with E-state index in [2.05, 4.69) is 10.3 Å². The molecule has 102 valence electrons. The van der Waals surface area contributed by atoms with E-state index in [9.17, 15) is 0 Å². The van der Waals surface area contributed by atoms with E-state index in [1.807, 2.05) is 23.6 Å². The fourth-order valence-corrected chi connectivity index (χ4v) is 2.13. The molecule has 19 heavy (non-hydrogen) atoms. The maximum atomic E-state index is 8.80. The van der Waals surface area contributed by atoms with Crippen LogP contribution in [0.2, 0.25) is 0 Å². The Labute approximate surface area is 115 Å². The molecule has 0 saturated heterocycles. The second kappa shape index (κ2) is 6.96. The van der Waals surface area contributed by atoms with Gasteiger partial charge in [-0.15, -0.1) is 11.3 Å². The fourth-order valence-electron chi connectivity index (χ4n) is 1.57. The monoisotopic (exact) mass is 280 g/mol. The first-order chi connectivity index (χ1) is 9.33. The van der Waals surface area contributed by atoms with E-state index in [1.165, 1.54) is 0 Å². The number of ether oxygens (including phenoxy) is 2. The van der Waals surface area contributed by atoms with E-state index >= 15 is 0 Å². The SMILES string of the molecule is COc1ccc(NCc2cscn2)cc1OCCO. The molecule has 0 aliphatic rings. The predicted octanol–water partition coefficient (Wildman–Crippen LogP) is 2.13. The molecule has 2 aromatic rings. The van der Waals surface area contributed by atoms with Gasteiger partial charge in [-0.3, -0.25) is 0 Å². The average Bonchev–Trinajstić information content (AvgIpc) is 2.96. The minimum absolute atomic E-state index is 0.0281. The molecule has 0 spiro atoms. The van der Waals surface area contributed by atoms with Gasteiger partial charge in [-0.1, -0.05) is 0 Å². The average molecular weight is 280 g/mol. The number of benzene rings is 1. The Morgan fingerprint density at radius 3 is 2.95 bits per heavy atom. The van der Waals surface area contributed by atoms with Crippen molar-refractivity contribution in [1.82, 2.24) is 4.98 Å². The van der Waals surface area contributed by atoms with E-state index in [1.54, 1.807) is 24.0 Å². The minimum Gasteiger partial charge on any atom is -0.493 e. The van der Waals surface area contributed by atoms with Crippen molar-refractivity contribution in [2.24, 2.45) is 0 Å². The van der Waals surface area contributed by atoms with Crippen LogP contribution in [0.15, 0.2) is 29.1 Å². The lowest BCUT2D eigenvalue weighted by Gasteiger charge is -2.12. The molecule has 5 nitrogen and oxygen atoms in total. The van der Waals surface area contributed by atoms with E-state index in [0.29, 0.717) is 18.0 Å². The molecule has 0 aliphatic carbocycles. The van der Waals surface area contributed by atoms with Crippen LogP contribution < -0.4 is 14.8 Å². The maximum absolute atomic E-state index is 8.80. The summed E-state index contributed by atoms with van der Waals surface area (Å²) in [6.07, 6.45) is 0. The molecule has 0 bridgehead atoms. The third-order valence-electron chi connectivity index (χ3n) is 2.47. The van der Waals surface area contributed by atoms with Gasteiger partial charge in [0.2, 0.25) is 0 Å². The second-order valence-corrected chi connectivity index (χ2v) is 4.49. The van der Waals surface area contributed by atoms with E-state index < -0.39 is 0 Å². The highest BCUT2D eigenvalue weighted by molar-refractivity contribution is 7.07. The highest BCUT2D eigenvalue weighted by Gasteiger charge is 2.06. The number of aromatic nitrogens is 1. The van der Waals surface area contributed by atoms with Crippen molar-refractivity contribution < 1.29 is 14.6 Å². The zero-order valence-corrected chi connectivity index (χ0v) is 11.4. The summed E-state index contributed by atoms with van der Waals surface area (Å²) < 4.78 is 10.6. The first-order valence-corrected chi connectivity index (χ1v) is 6.80. The Morgan fingerprint density at radius 2 is 2.26 bits per heavy atom. The molecule has 2 N–H and O–H groups in total. The summed E-state index contributed by atoms with van der Waals surface area (Å²) in [4.78, 5) is 4.20. The Bertz CT molecular complexity index is 503. The lowest BCUT2D eigenvalue weighted by molar-refractivity contribution is 0.196. The van der Waals surface area contributed by atoms with Gasteiger partial charge in [-0.2, -0.15) is 0 Å². The molecule has 1 heterocycles. The van der Waals surface area contributed by atoms with Crippen LogP contribution >= 0.6 is 11.3 Å². The van der Waals surface area contributed by atoms with Crippen LogP contribution in [-0.2, 0) is 6.54 Å². The first kappa shape index (κ1) is 13.6. The van der Waals surface area contributed by atoms with Gasteiger partial charge in [0.05, 0.1) is 31.5 Å². The number of aliphatic hydroxyl groups is 1. The predicted molar refractivity (Wildman–Crippen MR) is 75.0 cm³/mol. The number of hydrogen-bond donors (Lipinski definition) is 2. The number of hydrogen-bond acceptors (Lipinski definition) is 6. The van der Waals surface area contributed by atoms with Gasteiger partial charge < -0.3 is 19.9 Å². The largest absolute Gasteiger partial charge is 0.493 e. The molecule has 0 atom stereocenters. The molecule has 0 saturated carbocycles. The summed E-state index contributed by atoms with van der Waals surface area (Å²) >= 11 is 1.57. The van der Waals surface area contributed by atoms with Crippen LogP contribution in [0.3, 0.4) is 0 Å².